The Hall–Kier alpha value is -3.07. The second-order valence-corrected chi connectivity index (χ2v) is 9.03. The molecule has 5 rings (SSSR count). The van der Waals surface area contributed by atoms with Gasteiger partial charge in [0.25, 0.3) is 11.5 Å². The van der Waals surface area contributed by atoms with E-state index < -0.39 is 17.2 Å². The first kappa shape index (κ1) is 21.8. The maximum Gasteiger partial charge on any atom is 0.417 e. The molecule has 1 amide bonds. The van der Waals surface area contributed by atoms with Crippen LogP contribution in [-0.4, -0.2) is 38.0 Å². The fourth-order valence-corrected chi connectivity index (χ4v) is 4.98. The molecule has 0 bridgehead atoms. The normalized spacial score (nSPS) is 17.2. The Bertz CT molecular complexity index is 1320. The predicted octanol–water partition coefficient (Wildman–Crippen LogP) is 4.20. The largest absolute Gasteiger partial charge is 0.417 e. The van der Waals surface area contributed by atoms with Crippen LogP contribution in [0.5, 0.6) is 0 Å². The quantitative estimate of drug-likeness (QED) is 0.567. The highest BCUT2D eigenvalue weighted by Gasteiger charge is 2.49. The third-order valence-electron chi connectivity index (χ3n) is 6.47. The van der Waals surface area contributed by atoms with Crippen molar-refractivity contribution < 1.29 is 18.0 Å². The van der Waals surface area contributed by atoms with E-state index in [1.54, 1.807) is 40.2 Å². The van der Waals surface area contributed by atoms with E-state index in [-0.39, 0.29) is 35.3 Å². The number of hydrogen-bond donors (Lipinski definition) is 0. The Morgan fingerprint density at radius 1 is 1.12 bits per heavy atom. The first-order valence-electron chi connectivity index (χ1n) is 10.5. The zero-order chi connectivity index (χ0) is 23.5. The molecule has 0 radical (unpaired) electrons. The van der Waals surface area contributed by atoms with E-state index in [2.05, 4.69) is 4.98 Å². The Kier molecular flexibility index (Phi) is 4.93. The standard InChI is InChI=1S/C23H20ClF3N4O2/c1-14-11-30(13-28-14)17-5-6-18-20(32)29(9-10-31(18)21(17)33)12-22(7-8-22)15-3-2-4-16(19(15)24)23(25,26)27/h2-6,11,13H,7-10,12H2,1H3. The maximum atomic E-state index is 13.3. The third kappa shape index (κ3) is 3.64. The van der Waals surface area contributed by atoms with Gasteiger partial charge >= 0.3 is 6.18 Å². The summed E-state index contributed by atoms with van der Waals surface area (Å²) in [5.74, 6) is -0.318. The number of hydrogen-bond acceptors (Lipinski definition) is 3. The van der Waals surface area contributed by atoms with Crippen molar-refractivity contribution >= 4 is 17.5 Å². The smallest absolute Gasteiger partial charge is 0.335 e. The van der Waals surface area contributed by atoms with Gasteiger partial charge in [-0.15, -0.1) is 0 Å². The van der Waals surface area contributed by atoms with E-state index >= 15 is 0 Å². The number of carbonyl (C=O) groups excluding carboxylic acids is 1. The van der Waals surface area contributed by atoms with Gasteiger partial charge in [0.05, 0.1) is 22.6 Å². The molecule has 0 spiro atoms. The zero-order valence-electron chi connectivity index (χ0n) is 17.7. The molecule has 1 saturated carbocycles. The van der Waals surface area contributed by atoms with Gasteiger partial charge in [-0.3, -0.25) is 9.59 Å². The summed E-state index contributed by atoms with van der Waals surface area (Å²) in [7, 11) is 0. The zero-order valence-corrected chi connectivity index (χ0v) is 18.5. The minimum Gasteiger partial charge on any atom is -0.335 e. The van der Waals surface area contributed by atoms with Crippen LogP contribution in [0.2, 0.25) is 5.02 Å². The van der Waals surface area contributed by atoms with Gasteiger partial charge in [-0.25, -0.2) is 4.98 Å². The van der Waals surface area contributed by atoms with Crippen molar-refractivity contribution in [1.82, 2.24) is 19.0 Å². The molecule has 0 atom stereocenters. The number of alkyl halides is 3. The molecule has 1 aromatic carbocycles. The van der Waals surface area contributed by atoms with Gasteiger partial charge < -0.3 is 14.0 Å². The number of fused-ring (bicyclic) bond motifs is 1. The van der Waals surface area contributed by atoms with Crippen molar-refractivity contribution in [1.29, 1.82) is 0 Å². The van der Waals surface area contributed by atoms with Crippen LogP contribution in [0.4, 0.5) is 13.2 Å². The second-order valence-electron chi connectivity index (χ2n) is 8.65. The summed E-state index contributed by atoms with van der Waals surface area (Å²) in [5.41, 5.74) is 0.0813. The highest BCUT2D eigenvalue weighted by molar-refractivity contribution is 6.32. The lowest BCUT2D eigenvalue weighted by atomic mass is 9.93. The van der Waals surface area contributed by atoms with Crippen molar-refractivity contribution in [2.24, 2.45) is 0 Å². The van der Waals surface area contributed by atoms with E-state index in [0.717, 1.165) is 11.8 Å². The Morgan fingerprint density at radius 2 is 1.88 bits per heavy atom. The van der Waals surface area contributed by atoms with Gasteiger partial charge in [-0.05, 0) is 43.5 Å². The van der Waals surface area contributed by atoms with Crippen LogP contribution in [0, 0.1) is 6.92 Å². The summed E-state index contributed by atoms with van der Waals surface area (Å²) in [6.07, 6.45) is 0.0186. The first-order valence-corrected chi connectivity index (χ1v) is 10.9. The molecule has 2 aliphatic rings. The third-order valence-corrected chi connectivity index (χ3v) is 6.87. The lowest BCUT2D eigenvalue weighted by molar-refractivity contribution is -0.137. The van der Waals surface area contributed by atoms with E-state index in [1.165, 1.54) is 10.6 Å². The summed E-state index contributed by atoms with van der Waals surface area (Å²) < 4.78 is 43.1. The second kappa shape index (κ2) is 7.48. The van der Waals surface area contributed by atoms with Crippen LogP contribution in [-0.2, 0) is 18.1 Å². The fraction of sp³-hybridized carbons (Fsp3) is 0.348. The van der Waals surface area contributed by atoms with Gasteiger partial charge in [0.2, 0.25) is 0 Å². The molecule has 3 aromatic rings. The number of pyridine rings is 1. The molecule has 2 aromatic heterocycles. The highest BCUT2D eigenvalue weighted by atomic mass is 35.5. The lowest BCUT2D eigenvalue weighted by Crippen LogP contribution is -2.47. The minimum atomic E-state index is -4.55. The fourth-order valence-electron chi connectivity index (χ4n) is 4.55. The Labute approximate surface area is 192 Å². The topological polar surface area (TPSA) is 60.1 Å². The predicted molar refractivity (Wildman–Crippen MR) is 116 cm³/mol. The van der Waals surface area contributed by atoms with Crippen LogP contribution in [0.25, 0.3) is 5.69 Å². The number of amides is 1. The number of aromatic nitrogens is 3. The summed E-state index contributed by atoms with van der Waals surface area (Å²) in [5, 5.41) is -0.302. The molecule has 33 heavy (non-hydrogen) atoms. The Morgan fingerprint density at radius 3 is 2.52 bits per heavy atom. The molecular formula is C23H20ClF3N4O2. The van der Waals surface area contributed by atoms with Crippen LogP contribution in [0.3, 0.4) is 0 Å². The van der Waals surface area contributed by atoms with E-state index in [1.807, 2.05) is 6.92 Å². The summed E-state index contributed by atoms with van der Waals surface area (Å²) in [4.78, 5) is 31.9. The molecule has 1 fully saturated rings. The number of rotatable bonds is 4. The molecule has 0 N–H and O–H groups in total. The van der Waals surface area contributed by atoms with E-state index in [4.69, 9.17) is 11.6 Å². The number of carbonyl (C=O) groups is 1. The van der Waals surface area contributed by atoms with Crippen LogP contribution in [0.1, 0.15) is 40.2 Å². The average Bonchev–Trinajstić information content (AvgIpc) is 3.41. The monoisotopic (exact) mass is 476 g/mol. The number of nitrogens with zero attached hydrogens (tertiary/aromatic N) is 4. The highest BCUT2D eigenvalue weighted by Crippen LogP contribution is 2.53. The van der Waals surface area contributed by atoms with Crippen LogP contribution in [0.15, 0.2) is 47.7 Å². The SMILES string of the molecule is Cc1cn(-c2ccc3n(c2=O)CCN(CC2(c4cccc(C(F)(F)F)c4Cl)CC2)C3=O)cn1. The van der Waals surface area contributed by atoms with Gasteiger partial charge in [0, 0.05) is 31.2 Å². The van der Waals surface area contributed by atoms with Gasteiger partial charge in [0.1, 0.15) is 11.4 Å². The number of benzene rings is 1. The molecule has 1 aliphatic heterocycles. The molecule has 0 saturated heterocycles. The van der Waals surface area contributed by atoms with Crippen molar-refractivity contribution in [3.8, 4) is 5.69 Å². The molecular weight excluding hydrogens is 457 g/mol. The molecule has 1 aliphatic carbocycles. The van der Waals surface area contributed by atoms with Crippen molar-refractivity contribution in [3.05, 3.63) is 80.7 Å². The van der Waals surface area contributed by atoms with Gasteiger partial charge in [-0.1, -0.05) is 23.7 Å². The van der Waals surface area contributed by atoms with Crippen molar-refractivity contribution in [2.75, 3.05) is 13.1 Å². The Balaban J connectivity index is 1.43. The first-order chi connectivity index (χ1) is 15.6. The van der Waals surface area contributed by atoms with Crippen LogP contribution < -0.4 is 5.56 Å². The average molecular weight is 477 g/mol. The lowest BCUT2D eigenvalue weighted by Gasteiger charge is -2.33. The molecule has 6 nitrogen and oxygen atoms in total. The minimum absolute atomic E-state index is 0.253. The van der Waals surface area contributed by atoms with Gasteiger partial charge in [0.15, 0.2) is 0 Å². The number of imidazole rings is 1. The summed E-state index contributed by atoms with van der Waals surface area (Å²) in [6, 6.07) is 7.13. The molecule has 0 unspecified atom stereocenters. The summed E-state index contributed by atoms with van der Waals surface area (Å²) >= 11 is 6.17. The number of halogens is 4. The van der Waals surface area contributed by atoms with E-state index in [0.29, 0.717) is 30.6 Å². The van der Waals surface area contributed by atoms with Crippen molar-refractivity contribution in [3.63, 3.8) is 0 Å². The summed E-state index contributed by atoms with van der Waals surface area (Å²) in [6.45, 7) is 2.66. The van der Waals surface area contributed by atoms with Gasteiger partial charge in [-0.2, -0.15) is 13.2 Å². The maximum absolute atomic E-state index is 13.3. The van der Waals surface area contributed by atoms with Crippen molar-refractivity contribution in [2.45, 2.75) is 37.9 Å². The van der Waals surface area contributed by atoms with E-state index in [9.17, 15) is 22.8 Å². The van der Waals surface area contributed by atoms with Crippen LogP contribution >= 0.6 is 11.6 Å². The molecule has 10 heteroatoms. The molecule has 3 heterocycles. The number of aryl methyl sites for hydroxylation is 1. The molecule has 172 valence electrons.